The summed E-state index contributed by atoms with van der Waals surface area (Å²) in [6.07, 6.45) is 0. The van der Waals surface area contributed by atoms with E-state index in [4.69, 9.17) is 0 Å². The van der Waals surface area contributed by atoms with Crippen molar-refractivity contribution in [1.29, 1.82) is 0 Å². The fourth-order valence-electron chi connectivity index (χ4n) is 5.66. The molecule has 6 aromatic rings. The van der Waals surface area contributed by atoms with Gasteiger partial charge in [-0.3, -0.25) is 8.22 Å². The van der Waals surface area contributed by atoms with Crippen molar-refractivity contribution in [3.63, 3.8) is 0 Å². The highest BCUT2D eigenvalue weighted by Crippen LogP contribution is 2.24. The van der Waals surface area contributed by atoms with Gasteiger partial charge in [-0.2, -0.15) is 0 Å². The molecule has 0 atom stereocenters. The molecule has 0 N–H and O–H groups in total. The van der Waals surface area contributed by atoms with E-state index in [0.29, 0.717) is 31.1 Å². The molecule has 0 aliphatic rings. The Morgan fingerprint density at radius 3 is 0.775 bits per heavy atom. The first-order chi connectivity index (χ1) is 19.6. The van der Waals surface area contributed by atoms with Crippen molar-refractivity contribution in [3.8, 4) is 11.1 Å². The van der Waals surface area contributed by atoms with Gasteiger partial charge in [0.25, 0.3) is 0 Å². The van der Waals surface area contributed by atoms with E-state index in [0.717, 1.165) is 11.1 Å². The van der Waals surface area contributed by atoms with Gasteiger partial charge >= 0.3 is 16.8 Å². The summed E-state index contributed by atoms with van der Waals surface area (Å²) >= 11 is 0. The summed E-state index contributed by atoms with van der Waals surface area (Å²) in [6, 6.07) is 53.1. The Labute approximate surface area is 236 Å². The van der Waals surface area contributed by atoms with Crippen LogP contribution in [0.2, 0.25) is 0 Å². The SMILES string of the molecule is F[Si](c1ccccc1)(c1ccccc1)c1ccccc1-c1ccccc1[Si](F)(c1ccccc1)c1ccccc1. The van der Waals surface area contributed by atoms with Gasteiger partial charge in [-0.1, -0.05) is 170 Å². The van der Waals surface area contributed by atoms with Crippen molar-refractivity contribution in [1.82, 2.24) is 0 Å². The zero-order valence-electron chi connectivity index (χ0n) is 21.9. The molecule has 0 fully saturated rings. The predicted octanol–water partition coefficient (Wildman–Crippen LogP) is 5.23. The number of hydrogen-bond acceptors (Lipinski definition) is 0. The van der Waals surface area contributed by atoms with Crippen molar-refractivity contribution in [3.05, 3.63) is 170 Å². The van der Waals surface area contributed by atoms with Crippen LogP contribution in [0.25, 0.3) is 11.1 Å². The van der Waals surface area contributed by atoms with Gasteiger partial charge in [0.15, 0.2) is 0 Å². The first-order valence-corrected chi connectivity index (χ1v) is 17.2. The molecular weight excluding hydrogens is 527 g/mol. The van der Waals surface area contributed by atoms with Crippen LogP contribution in [0.15, 0.2) is 170 Å². The van der Waals surface area contributed by atoms with Crippen LogP contribution in [0.3, 0.4) is 0 Å². The lowest BCUT2D eigenvalue weighted by Crippen LogP contribution is -2.66. The number of benzene rings is 6. The highest BCUT2D eigenvalue weighted by Gasteiger charge is 2.46. The minimum Gasteiger partial charge on any atom is -0.296 e. The highest BCUT2D eigenvalue weighted by molar-refractivity contribution is 7.08. The van der Waals surface area contributed by atoms with Crippen LogP contribution in [-0.4, -0.2) is 16.8 Å². The van der Waals surface area contributed by atoms with Crippen molar-refractivity contribution < 1.29 is 8.22 Å². The van der Waals surface area contributed by atoms with Crippen LogP contribution < -0.4 is 31.1 Å². The average Bonchev–Trinajstić information content (AvgIpc) is 3.05. The van der Waals surface area contributed by atoms with Crippen molar-refractivity contribution in [2.75, 3.05) is 0 Å². The van der Waals surface area contributed by atoms with Gasteiger partial charge in [-0.25, -0.2) is 0 Å². The van der Waals surface area contributed by atoms with E-state index in [-0.39, 0.29) is 0 Å². The van der Waals surface area contributed by atoms with Gasteiger partial charge in [0, 0.05) is 0 Å². The monoisotopic (exact) mass is 554 g/mol. The fourth-order valence-corrected chi connectivity index (χ4v) is 12.0. The van der Waals surface area contributed by atoms with Gasteiger partial charge in [0.2, 0.25) is 0 Å². The Hall–Kier alpha value is -4.39. The molecule has 6 aromatic carbocycles. The molecule has 0 heterocycles. The lowest BCUT2D eigenvalue weighted by atomic mass is 10.1. The molecule has 6 rings (SSSR count). The second-order valence-corrected chi connectivity index (χ2v) is 15.9. The van der Waals surface area contributed by atoms with E-state index in [2.05, 4.69) is 0 Å². The maximum absolute atomic E-state index is 18.1. The van der Waals surface area contributed by atoms with E-state index >= 15 is 8.22 Å². The minimum absolute atomic E-state index is 0.623. The van der Waals surface area contributed by atoms with Crippen LogP contribution in [0, 0.1) is 0 Å². The Kier molecular flexibility index (Phi) is 7.12. The van der Waals surface area contributed by atoms with Crippen LogP contribution in [0.1, 0.15) is 0 Å². The smallest absolute Gasteiger partial charge is 0.296 e. The average molecular weight is 555 g/mol. The summed E-state index contributed by atoms with van der Waals surface area (Å²) in [4.78, 5) is 0. The molecule has 0 aromatic heterocycles. The Morgan fingerprint density at radius 1 is 0.275 bits per heavy atom. The number of halogens is 2. The third-order valence-electron chi connectivity index (χ3n) is 7.57. The highest BCUT2D eigenvalue weighted by atomic mass is 28.4. The van der Waals surface area contributed by atoms with Crippen LogP contribution in [-0.2, 0) is 0 Å². The molecule has 4 heteroatoms. The third kappa shape index (κ3) is 4.45. The summed E-state index contributed by atoms with van der Waals surface area (Å²) in [7, 11) is -7.91. The Morgan fingerprint density at radius 2 is 0.500 bits per heavy atom. The van der Waals surface area contributed by atoms with Gasteiger partial charge in [-0.15, -0.1) is 0 Å². The third-order valence-corrected chi connectivity index (χ3v) is 14.4. The maximum atomic E-state index is 18.1. The zero-order valence-corrected chi connectivity index (χ0v) is 23.9. The van der Waals surface area contributed by atoms with Crippen LogP contribution >= 0.6 is 0 Å². The molecule has 0 saturated heterocycles. The summed E-state index contributed by atoms with van der Waals surface area (Å²) in [5.41, 5.74) is 1.47. The second kappa shape index (κ2) is 11.0. The first-order valence-electron chi connectivity index (χ1n) is 13.4. The molecule has 0 aliphatic carbocycles. The largest absolute Gasteiger partial charge is 0.340 e. The lowest BCUT2D eigenvalue weighted by molar-refractivity contribution is 0.840. The van der Waals surface area contributed by atoms with Crippen LogP contribution in [0.4, 0.5) is 8.22 Å². The molecule has 194 valence electrons. The number of rotatable bonds is 7. The Bertz CT molecular complexity index is 1500. The molecule has 40 heavy (non-hydrogen) atoms. The minimum atomic E-state index is -3.95. The summed E-state index contributed by atoms with van der Waals surface area (Å²) < 4.78 is 36.1. The summed E-state index contributed by atoms with van der Waals surface area (Å²) in [6.45, 7) is 0. The quantitative estimate of drug-likeness (QED) is 0.144. The summed E-state index contributed by atoms with van der Waals surface area (Å²) in [5.74, 6) is 0. The van der Waals surface area contributed by atoms with Gasteiger partial charge in [0.1, 0.15) is 0 Å². The second-order valence-electron chi connectivity index (χ2n) is 9.87. The molecule has 0 nitrogen and oxygen atoms in total. The molecule has 0 aliphatic heterocycles. The van der Waals surface area contributed by atoms with E-state index < -0.39 is 16.8 Å². The molecule has 0 bridgehead atoms. The van der Waals surface area contributed by atoms with E-state index in [1.807, 2.05) is 170 Å². The van der Waals surface area contributed by atoms with Crippen molar-refractivity contribution >= 4 is 47.9 Å². The van der Waals surface area contributed by atoms with Gasteiger partial charge in [-0.05, 0) is 42.2 Å². The lowest BCUT2D eigenvalue weighted by Gasteiger charge is -2.30. The van der Waals surface area contributed by atoms with E-state index in [1.165, 1.54) is 0 Å². The van der Waals surface area contributed by atoms with Gasteiger partial charge in [0.05, 0.1) is 0 Å². The van der Waals surface area contributed by atoms with E-state index in [9.17, 15) is 0 Å². The van der Waals surface area contributed by atoms with E-state index in [1.54, 1.807) is 0 Å². The fraction of sp³-hybridized carbons (Fsp3) is 0. The molecule has 0 unspecified atom stereocenters. The maximum Gasteiger partial charge on any atom is 0.340 e. The first kappa shape index (κ1) is 25.9. The summed E-state index contributed by atoms with van der Waals surface area (Å²) in [5, 5.41) is 3.92. The molecule has 0 spiro atoms. The van der Waals surface area contributed by atoms with Crippen molar-refractivity contribution in [2.24, 2.45) is 0 Å². The topological polar surface area (TPSA) is 0 Å². The number of hydrogen-bond donors (Lipinski definition) is 0. The van der Waals surface area contributed by atoms with Crippen LogP contribution in [0.5, 0.6) is 0 Å². The molecular formula is C36H28F2Si2. The van der Waals surface area contributed by atoms with Gasteiger partial charge < -0.3 is 0 Å². The molecule has 0 radical (unpaired) electrons. The molecule has 0 amide bonds. The normalized spacial score (nSPS) is 11.8. The standard InChI is InChI=1S/C36H28F2Si2/c37-39(29-17-5-1-6-18-29,30-19-7-2-8-20-30)35-27-15-13-25-33(35)34-26-14-16-28-36(34)40(38,31-21-9-3-10-22-31)32-23-11-4-12-24-32/h1-28H. The van der Waals surface area contributed by atoms with Crippen molar-refractivity contribution in [2.45, 2.75) is 0 Å². The molecule has 0 saturated carbocycles. The Balaban J connectivity index is 1.65. The zero-order chi connectivity index (χ0) is 27.4. The predicted molar refractivity (Wildman–Crippen MR) is 169 cm³/mol.